The summed E-state index contributed by atoms with van der Waals surface area (Å²) in [5.41, 5.74) is 0.702. The van der Waals surface area contributed by atoms with Crippen LogP contribution in [0.15, 0.2) is 18.2 Å². The summed E-state index contributed by atoms with van der Waals surface area (Å²) in [6.45, 7) is 1.69. The Morgan fingerprint density at radius 2 is 2.00 bits per heavy atom. The lowest BCUT2D eigenvalue weighted by Crippen LogP contribution is -2.37. The quantitative estimate of drug-likeness (QED) is 0.743. The van der Waals surface area contributed by atoms with Crippen LogP contribution in [0.4, 0.5) is 4.79 Å². The molecule has 0 fully saturated rings. The van der Waals surface area contributed by atoms with Crippen molar-refractivity contribution in [2.24, 2.45) is 0 Å². The van der Waals surface area contributed by atoms with Crippen LogP contribution in [0.2, 0.25) is 0 Å². The molecule has 0 atom stereocenters. The van der Waals surface area contributed by atoms with E-state index in [2.05, 4.69) is 10.6 Å². The number of amides is 3. The molecule has 0 spiro atoms. The van der Waals surface area contributed by atoms with Gasteiger partial charge in [-0.15, -0.1) is 0 Å². The molecule has 20 heavy (non-hydrogen) atoms. The summed E-state index contributed by atoms with van der Waals surface area (Å²) in [4.78, 5) is 33.3. The normalized spacial score (nSPS) is 9.70. The van der Waals surface area contributed by atoms with Crippen LogP contribution in [-0.2, 0) is 4.79 Å². The van der Waals surface area contributed by atoms with E-state index in [0.29, 0.717) is 5.56 Å². The Bertz CT molecular complexity index is 527. The zero-order valence-electron chi connectivity index (χ0n) is 11.2. The van der Waals surface area contributed by atoms with Gasteiger partial charge < -0.3 is 15.2 Å². The Morgan fingerprint density at radius 3 is 2.60 bits per heavy atom. The molecule has 0 aliphatic heterocycles. The van der Waals surface area contributed by atoms with Crippen molar-refractivity contribution in [1.82, 2.24) is 10.6 Å². The Labute approximate surface area is 115 Å². The summed E-state index contributed by atoms with van der Waals surface area (Å²) < 4.78 is 5.34. The van der Waals surface area contributed by atoms with Crippen molar-refractivity contribution < 1.29 is 24.2 Å². The summed E-state index contributed by atoms with van der Waals surface area (Å²) in [5.74, 6) is -1.37. The second-order valence-corrected chi connectivity index (χ2v) is 3.98. The van der Waals surface area contributed by atoms with Crippen molar-refractivity contribution in [3.05, 3.63) is 29.3 Å². The zero-order valence-corrected chi connectivity index (χ0v) is 11.2. The molecular formula is C13H16N2O5. The second kappa shape index (κ2) is 7.13. The number of benzene rings is 1. The molecule has 0 saturated carbocycles. The highest BCUT2D eigenvalue weighted by atomic mass is 16.5. The van der Waals surface area contributed by atoms with Gasteiger partial charge in [0.25, 0.3) is 0 Å². The number of hydrogen-bond donors (Lipinski definition) is 3. The molecule has 0 aliphatic rings. The van der Waals surface area contributed by atoms with Gasteiger partial charge in [0.05, 0.1) is 13.0 Å². The number of aryl methyl sites for hydroxylation is 1. The molecule has 0 unspecified atom stereocenters. The van der Waals surface area contributed by atoms with Gasteiger partial charge in [-0.2, -0.15) is 0 Å². The summed E-state index contributed by atoms with van der Waals surface area (Å²) >= 11 is 0. The lowest BCUT2D eigenvalue weighted by Gasteiger charge is -2.11. The maximum absolute atomic E-state index is 11.3. The average Bonchev–Trinajstić information content (AvgIpc) is 2.40. The van der Waals surface area contributed by atoms with Crippen LogP contribution in [0.1, 0.15) is 22.3 Å². The standard InChI is InChI=1S/C13H16N2O5/c1-8-4-3-5-9(12(17)18)11(8)20-7-6-10(16)15-13(19)14-2/h3-5H,6-7H2,1-2H3,(H,17,18)(H2,14,15,16,19). The third-order valence-electron chi connectivity index (χ3n) is 2.50. The average molecular weight is 280 g/mol. The van der Waals surface area contributed by atoms with E-state index in [9.17, 15) is 14.4 Å². The molecule has 1 aromatic carbocycles. The molecule has 108 valence electrons. The molecule has 1 aromatic rings. The van der Waals surface area contributed by atoms with Gasteiger partial charge >= 0.3 is 12.0 Å². The number of hydrogen-bond acceptors (Lipinski definition) is 4. The fourth-order valence-corrected chi connectivity index (χ4v) is 1.51. The first kappa shape index (κ1) is 15.5. The molecule has 0 saturated heterocycles. The highest BCUT2D eigenvalue weighted by Gasteiger charge is 2.14. The van der Waals surface area contributed by atoms with Gasteiger partial charge in [-0.05, 0) is 18.6 Å². The molecule has 3 amide bonds. The molecule has 0 radical (unpaired) electrons. The van der Waals surface area contributed by atoms with Crippen molar-refractivity contribution >= 4 is 17.9 Å². The van der Waals surface area contributed by atoms with Gasteiger partial charge in [0.1, 0.15) is 11.3 Å². The SMILES string of the molecule is CNC(=O)NC(=O)CCOc1c(C)cccc1C(=O)O. The van der Waals surface area contributed by atoms with E-state index in [4.69, 9.17) is 9.84 Å². The van der Waals surface area contributed by atoms with E-state index in [0.717, 1.165) is 0 Å². The van der Waals surface area contributed by atoms with Crippen molar-refractivity contribution in [1.29, 1.82) is 0 Å². The van der Waals surface area contributed by atoms with Gasteiger partial charge in [-0.25, -0.2) is 9.59 Å². The summed E-state index contributed by atoms with van der Waals surface area (Å²) in [7, 11) is 1.39. The predicted octanol–water partition coefficient (Wildman–Crippen LogP) is 0.918. The number of nitrogens with one attached hydrogen (secondary N) is 2. The third-order valence-corrected chi connectivity index (χ3v) is 2.50. The number of para-hydroxylation sites is 1. The first-order valence-corrected chi connectivity index (χ1v) is 5.93. The van der Waals surface area contributed by atoms with Crippen LogP contribution in [0.5, 0.6) is 5.75 Å². The first-order valence-electron chi connectivity index (χ1n) is 5.93. The summed E-state index contributed by atoms with van der Waals surface area (Å²) in [6, 6.07) is 4.16. The van der Waals surface area contributed by atoms with Crippen molar-refractivity contribution in [2.45, 2.75) is 13.3 Å². The van der Waals surface area contributed by atoms with E-state index in [-0.39, 0.29) is 24.3 Å². The molecule has 3 N–H and O–H groups in total. The van der Waals surface area contributed by atoms with E-state index < -0.39 is 17.9 Å². The minimum absolute atomic E-state index is 0.0199. The monoisotopic (exact) mass is 280 g/mol. The van der Waals surface area contributed by atoms with Crippen LogP contribution in [0, 0.1) is 6.92 Å². The number of rotatable bonds is 5. The fourth-order valence-electron chi connectivity index (χ4n) is 1.51. The first-order chi connectivity index (χ1) is 9.45. The van der Waals surface area contributed by atoms with Gasteiger partial charge in [-0.3, -0.25) is 10.1 Å². The Balaban J connectivity index is 2.60. The maximum atomic E-state index is 11.3. The lowest BCUT2D eigenvalue weighted by atomic mass is 10.1. The molecule has 1 rings (SSSR count). The number of imide groups is 1. The molecule has 0 aromatic heterocycles. The van der Waals surface area contributed by atoms with Crippen LogP contribution in [-0.4, -0.2) is 36.7 Å². The van der Waals surface area contributed by atoms with Gasteiger partial charge in [0.2, 0.25) is 5.91 Å². The highest BCUT2D eigenvalue weighted by molar-refractivity contribution is 5.94. The van der Waals surface area contributed by atoms with Crippen molar-refractivity contribution in [3.8, 4) is 5.75 Å². The number of carboxylic acids is 1. The molecule has 7 nitrogen and oxygen atoms in total. The second-order valence-electron chi connectivity index (χ2n) is 3.98. The highest BCUT2D eigenvalue weighted by Crippen LogP contribution is 2.23. The van der Waals surface area contributed by atoms with Crippen molar-refractivity contribution in [2.75, 3.05) is 13.7 Å². The van der Waals surface area contributed by atoms with Gasteiger partial charge in [-0.1, -0.05) is 12.1 Å². The van der Waals surface area contributed by atoms with Crippen LogP contribution < -0.4 is 15.4 Å². The van der Waals surface area contributed by atoms with E-state index >= 15 is 0 Å². The topological polar surface area (TPSA) is 105 Å². The Morgan fingerprint density at radius 1 is 1.30 bits per heavy atom. The van der Waals surface area contributed by atoms with Crippen molar-refractivity contribution in [3.63, 3.8) is 0 Å². The minimum Gasteiger partial charge on any atom is -0.492 e. The number of ether oxygens (including phenoxy) is 1. The Hall–Kier alpha value is -2.57. The number of aromatic carboxylic acids is 1. The lowest BCUT2D eigenvalue weighted by molar-refractivity contribution is -0.120. The maximum Gasteiger partial charge on any atom is 0.339 e. The predicted molar refractivity (Wildman–Crippen MR) is 70.8 cm³/mol. The largest absolute Gasteiger partial charge is 0.492 e. The van der Waals surface area contributed by atoms with Crippen LogP contribution in [0.25, 0.3) is 0 Å². The number of carbonyl (C=O) groups excluding carboxylic acids is 2. The van der Waals surface area contributed by atoms with E-state index in [1.54, 1.807) is 19.1 Å². The van der Waals surface area contributed by atoms with E-state index in [1.807, 2.05) is 0 Å². The van der Waals surface area contributed by atoms with Crippen LogP contribution in [0.3, 0.4) is 0 Å². The number of carboxylic acid groups (broad SMARTS) is 1. The minimum atomic E-state index is -1.10. The molecule has 0 aliphatic carbocycles. The Kier molecular flexibility index (Phi) is 5.52. The molecular weight excluding hydrogens is 264 g/mol. The molecule has 0 bridgehead atoms. The summed E-state index contributed by atoms with van der Waals surface area (Å²) in [6.07, 6.45) is -0.0547. The van der Waals surface area contributed by atoms with E-state index in [1.165, 1.54) is 13.1 Å². The number of carbonyl (C=O) groups is 3. The fraction of sp³-hybridized carbons (Fsp3) is 0.308. The smallest absolute Gasteiger partial charge is 0.339 e. The molecule has 7 heteroatoms. The third kappa shape index (κ3) is 4.27. The molecule has 0 heterocycles. The summed E-state index contributed by atoms with van der Waals surface area (Å²) in [5, 5.41) is 13.4. The van der Waals surface area contributed by atoms with Gasteiger partial charge in [0.15, 0.2) is 0 Å². The van der Waals surface area contributed by atoms with Gasteiger partial charge in [0, 0.05) is 7.05 Å². The number of urea groups is 1. The van der Waals surface area contributed by atoms with Crippen LogP contribution >= 0.6 is 0 Å². The zero-order chi connectivity index (χ0) is 15.1.